The van der Waals surface area contributed by atoms with Crippen molar-refractivity contribution in [2.45, 2.75) is 38.8 Å². The molecule has 2 heterocycles. The smallest absolute Gasteiger partial charge is 0.0471 e. The van der Waals surface area contributed by atoms with Crippen LogP contribution in [-0.4, -0.2) is 43.7 Å². The predicted molar refractivity (Wildman–Crippen MR) is 90.3 cm³/mol. The third kappa shape index (κ3) is 3.36. The molecule has 1 N–H and O–H groups in total. The number of fused-ring (bicyclic) bond motifs is 1. The highest BCUT2D eigenvalue weighted by Crippen LogP contribution is 2.31. The highest BCUT2D eigenvalue weighted by atomic mass is 35.5. The van der Waals surface area contributed by atoms with Crippen molar-refractivity contribution in [3.8, 4) is 0 Å². The molecule has 3 rings (SSSR count). The van der Waals surface area contributed by atoms with E-state index < -0.39 is 0 Å². The van der Waals surface area contributed by atoms with E-state index >= 15 is 0 Å². The van der Waals surface area contributed by atoms with Crippen molar-refractivity contribution in [2.75, 3.05) is 37.6 Å². The van der Waals surface area contributed by atoms with Crippen molar-refractivity contribution in [3.05, 3.63) is 28.8 Å². The number of benzene rings is 1. The summed E-state index contributed by atoms with van der Waals surface area (Å²) in [7, 11) is 0. The molecule has 1 aromatic rings. The first kappa shape index (κ1) is 15.1. The molecule has 1 atom stereocenters. The van der Waals surface area contributed by atoms with Gasteiger partial charge in [0.1, 0.15) is 0 Å². The second-order valence-electron chi connectivity index (χ2n) is 6.15. The second kappa shape index (κ2) is 6.99. The molecule has 1 unspecified atom stereocenters. The van der Waals surface area contributed by atoms with Crippen LogP contribution in [0.1, 0.15) is 31.7 Å². The van der Waals surface area contributed by atoms with Gasteiger partial charge in [-0.25, -0.2) is 0 Å². The maximum Gasteiger partial charge on any atom is 0.0471 e. The van der Waals surface area contributed by atoms with Crippen molar-refractivity contribution in [1.82, 2.24) is 10.2 Å². The number of anilines is 1. The molecule has 2 aliphatic heterocycles. The van der Waals surface area contributed by atoms with Crippen LogP contribution < -0.4 is 10.2 Å². The third-order valence-corrected chi connectivity index (χ3v) is 5.18. The van der Waals surface area contributed by atoms with Gasteiger partial charge in [-0.05, 0) is 38.1 Å². The van der Waals surface area contributed by atoms with E-state index in [0.29, 0.717) is 0 Å². The Kier molecular flexibility index (Phi) is 5.04. The number of piperazine rings is 1. The Morgan fingerprint density at radius 1 is 1.24 bits per heavy atom. The number of hydrogen-bond donors (Lipinski definition) is 1. The topological polar surface area (TPSA) is 18.5 Å². The summed E-state index contributed by atoms with van der Waals surface area (Å²) < 4.78 is 0. The molecule has 0 radical (unpaired) electrons. The molecule has 2 fully saturated rings. The lowest BCUT2D eigenvalue weighted by molar-refractivity contribution is 0.133. The molecule has 4 heteroatoms. The van der Waals surface area contributed by atoms with Gasteiger partial charge in [-0.3, -0.25) is 4.90 Å². The van der Waals surface area contributed by atoms with Gasteiger partial charge in [0.15, 0.2) is 0 Å². The van der Waals surface area contributed by atoms with Crippen LogP contribution in [0.3, 0.4) is 0 Å². The van der Waals surface area contributed by atoms with Crippen molar-refractivity contribution < 1.29 is 0 Å². The Labute approximate surface area is 133 Å². The lowest BCUT2D eigenvalue weighted by Crippen LogP contribution is -2.55. The Bertz CT molecular complexity index is 477. The summed E-state index contributed by atoms with van der Waals surface area (Å²) >= 11 is 6.44. The van der Waals surface area contributed by atoms with Crippen LogP contribution in [0.15, 0.2) is 18.2 Å². The minimum Gasteiger partial charge on any atom is -0.368 e. The maximum atomic E-state index is 6.44. The van der Waals surface area contributed by atoms with Gasteiger partial charge >= 0.3 is 0 Å². The summed E-state index contributed by atoms with van der Waals surface area (Å²) in [5.74, 6) is 0. The van der Waals surface area contributed by atoms with Crippen LogP contribution in [0.5, 0.6) is 0 Å². The summed E-state index contributed by atoms with van der Waals surface area (Å²) in [6.45, 7) is 8.72. The van der Waals surface area contributed by atoms with Crippen LogP contribution in [0.4, 0.5) is 5.69 Å². The van der Waals surface area contributed by atoms with E-state index in [1.165, 1.54) is 43.6 Å². The van der Waals surface area contributed by atoms with Crippen LogP contribution in [-0.2, 0) is 6.54 Å². The van der Waals surface area contributed by atoms with Crippen LogP contribution in [0, 0.1) is 0 Å². The van der Waals surface area contributed by atoms with E-state index in [1.807, 2.05) is 6.07 Å². The van der Waals surface area contributed by atoms with E-state index in [2.05, 4.69) is 34.2 Å². The minimum absolute atomic E-state index is 0.735. The maximum absolute atomic E-state index is 6.44. The van der Waals surface area contributed by atoms with E-state index in [9.17, 15) is 0 Å². The number of nitrogens with one attached hydrogen (secondary N) is 1. The lowest BCUT2D eigenvalue weighted by Gasteiger charge is -2.45. The predicted octanol–water partition coefficient (Wildman–Crippen LogP) is 3.12. The molecule has 0 bridgehead atoms. The standard InChI is InChI=1S/C17H26ClN3/c1-2-19-12-15-16(18)7-5-8-17(15)21-11-10-20-9-4-3-6-14(20)13-21/h5,7-8,14,19H,2-4,6,9-13H2,1H3. The van der Waals surface area contributed by atoms with Gasteiger partial charge < -0.3 is 10.2 Å². The monoisotopic (exact) mass is 307 g/mol. The largest absolute Gasteiger partial charge is 0.368 e. The second-order valence-corrected chi connectivity index (χ2v) is 6.56. The third-order valence-electron chi connectivity index (χ3n) is 4.82. The van der Waals surface area contributed by atoms with Crippen molar-refractivity contribution in [1.29, 1.82) is 0 Å². The zero-order chi connectivity index (χ0) is 14.7. The van der Waals surface area contributed by atoms with Gasteiger partial charge in [0, 0.05) is 48.5 Å². The molecule has 3 nitrogen and oxygen atoms in total. The number of rotatable bonds is 4. The lowest BCUT2D eigenvalue weighted by atomic mass is 9.98. The zero-order valence-corrected chi connectivity index (χ0v) is 13.7. The summed E-state index contributed by atoms with van der Waals surface area (Å²) in [4.78, 5) is 5.22. The molecule has 21 heavy (non-hydrogen) atoms. The zero-order valence-electron chi connectivity index (χ0n) is 12.9. The fourth-order valence-electron chi connectivity index (χ4n) is 3.64. The molecular weight excluding hydrogens is 282 g/mol. The van der Waals surface area contributed by atoms with Gasteiger partial charge in [-0.1, -0.05) is 31.0 Å². The van der Waals surface area contributed by atoms with Gasteiger partial charge in [0.05, 0.1) is 0 Å². The van der Waals surface area contributed by atoms with Crippen LogP contribution in [0.25, 0.3) is 0 Å². The Morgan fingerprint density at radius 3 is 3.00 bits per heavy atom. The van der Waals surface area contributed by atoms with Gasteiger partial charge in [0.2, 0.25) is 0 Å². The molecule has 0 aliphatic carbocycles. The SMILES string of the molecule is CCNCc1c(Cl)cccc1N1CCN2CCCCC2C1. The number of halogens is 1. The van der Waals surface area contributed by atoms with Crippen molar-refractivity contribution in [3.63, 3.8) is 0 Å². The fraction of sp³-hybridized carbons (Fsp3) is 0.647. The quantitative estimate of drug-likeness (QED) is 0.922. The molecule has 116 valence electrons. The number of hydrogen-bond acceptors (Lipinski definition) is 3. The van der Waals surface area contributed by atoms with Crippen LogP contribution >= 0.6 is 11.6 Å². The summed E-state index contributed by atoms with van der Waals surface area (Å²) in [5, 5.41) is 4.31. The van der Waals surface area contributed by atoms with Gasteiger partial charge in [-0.2, -0.15) is 0 Å². The summed E-state index contributed by atoms with van der Waals surface area (Å²) in [6.07, 6.45) is 4.10. The van der Waals surface area contributed by atoms with Crippen LogP contribution in [0.2, 0.25) is 5.02 Å². The molecule has 1 aromatic carbocycles. The van der Waals surface area contributed by atoms with E-state index in [-0.39, 0.29) is 0 Å². The average molecular weight is 308 g/mol. The molecular formula is C17H26ClN3. The normalized spacial score (nSPS) is 23.1. The molecule has 2 saturated heterocycles. The summed E-state index contributed by atoms with van der Waals surface area (Å²) in [6, 6.07) is 7.06. The minimum atomic E-state index is 0.735. The first-order valence-electron chi connectivity index (χ1n) is 8.26. The summed E-state index contributed by atoms with van der Waals surface area (Å²) in [5.41, 5.74) is 2.58. The van der Waals surface area contributed by atoms with E-state index in [1.54, 1.807) is 0 Å². The van der Waals surface area contributed by atoms with Crippen molar-refractivity contribution >= 4 is 17.3 Å². The van der Waals surface area contributed by atoms with E-state index in [4.69, 9.17) is 11.6 Å². The van der Waals surface area contributed by atoms with Gasteiger partial charge in [-0.15, -0.1) is 0 Å². The van der Waals surface area contributed by atoms with Crippen molar-refractivity contribution in [2.24, 2.45) is 0 Å². The van der Waals surface area contributed by atoms with Gasteiger partial charge in [0.25, 0.3) is 0 Å². The first-order valence-corrected chi connectivity index (χ1v) is 8.64. The molecule has 2 aliphatic rings. The highest BCUT2D eigenvalue weighted by molar-refractivity contribution is 6.31. The molecule has 0 saturated carbocycles. The Hall–Kier alpha value is -0.770. The fourth-order valence-corrected chi connectivity index (χ4v) is 3.88. The molecule has 0 spiro atoms. The average Bonchev–Trinajstić information content (AvgIpc) is 2.53. The van der Waals surface area contributed by atoms with E-state index in [0.717, 1.165) is 37.2 Å². The number of nitrogens with zero attached hydrogens (tertiary/aromatic N) is 2. The Balaban J connectivity index is 1.78. The number of piperidine rings is 1. The Morgan fingerprint density at radius 2 is 2.14 bits per heavy atom. The first-order chi connectivity index (χ1) is 10.3. The highest BCUT2D eigenvalue weighted by Gasteiger charge is 2.29. The molecule has 0 aromatic heterocycles. The molecule has 0 amide bonds.